The van der Waals surface area contributed by atoms with Gasteiger partial charge in [-0.3, -0.25) is 9.78 Å². The molecule has 3 rings (SSSR count). The summed E-state index contributed by atoms with van der Waals surface area (Å²) in [4.78, 5) is 18.1. The van der Waals surface area contributed by atoms with Crippen LogP contribution in [0.1, 0.15) is 28.4 Å². The van der Waals surface area contributed by atoms with E-state index in [2.05, 4.69) is 4.98 Å². The number of alkyl halides is 3. The summed E-state index contributed by atoms with van der Waals surface area (Å²) in [6, 6.07) is 4.73. The number of benzene rings is 1. The maximum absolute atomic E-state index is 12.8. The average Bonchev–Trinajstić information content (AvgIpc) is 2.67. The van der Waals surface area contributed by atoms with Gasteiger partial charge in [0.15, 0.2) is 0 Å². The zero-order chi connectivity index (χ0) is 21.4. The normalized spacial score (nSPS) is 18.7. The third-order valence-electron chi connectivity index (χ3n) is 4.79. The van der Waals surface area contributed by atoms with E-state index in [-0.39, 0.29) is 30.4 Å². The van der Waals surface area contributed by atoms with Gasteiger partial charge in [-0.1, -0.05) is 0 Å². The van der Waals surface area contributed by atoms with Crippen LogP contribution in [0.5, 0.6) is 0 Å². The van der Waals surface area contributed by atoms with Crippen molar-refractivity contribution in [2.24, 2.45) is 0 Å². The Morgan fingerprint density at radius 3 is 2.34 bits per heavy atom. The van der Waals surface area contributed by atoms with E-state index in [4.69, 9.17) is 0 Å². The van der Waals surface area contributed by atoms with Crippen LogP contribution in [0.25, 0.3) is 0 Å². The Hall–Kier alpha value is -2.46. The summed E-state index contributed by atoms with van der Waals surface area (Å²) < 4.78 is 64.9. The lowest BCUT2D eigenvalue weighted by atomic mass is 10.1. The van der Waals surface area contributed by atoms with Gasteiger partial charge in [0.05, 0.1) is 16.0 Å². The van der Waals surface area contributed by atoms with Gasteiger partial charge in [-0.2, -0.15) is 17.5 Å². The number of pyridine rings is 1. The first-order chi connectivity index (χ1) is 13.5. The number of aryl methyl sites for hydroxylation is 1. The molecule has 0 aliphatic carbocycles. The van der Waals surface area contributed by atoms with E-state index in [1.165, 1.54) is 10.5 Å². The fraction of sp³-hybridized carbons (Fsp3) is 0.368. The third-order valence-corrected chi connectivity index (χ3v) is 6.67. The second kappa shape index (κ2) is 7.75. The van der Waals surface area contributed by atoms with Crippen molar-refractivity contribution in [2.75, 3.05) is 19.6 Å². The first-order valence-corrected chi connectivity index (χ1v) is 10.3. The number of hydrogen-bond donors (Lipinski definition) is 0. The summed E-state index contributed by atoms with van der Waals surface area (Å²) in [7, 11) is -3.96. The summed E-state index contributed by atoms with van der Waals surface area (Å²) in [5.74, 6) is -0.236. The zero-order valence-electron chi connectivity index (χ0n) is 15.8. The number of sulfonamides is 1. The van der Waals surface area contributed by atoms with Crippen molar-refractivity contribution in [2.45, 2.75) is 31.0 Å². The van der Waals surface area contributed by atoms with E-state index < -0.39 is 27.8 Å². The lowest BCUT2D eigenvalue weighted by Crippen LogP contribution is -2.55. The molecular formula is C19H20F3N3O3S. The summed E-state index contributed by atoms with van der Waals surface area (Å²) in [6.45, 7) is 3.83. The number of rotatable bonds is 3. The Bertz CT molecular complexity index is 1010. The average molecular weight is 427 g/mol. The van der Waals surface area contributed by atoms with Gasteiger partial charge in [0.25, 0.3) is 5.91 Å². The molecule has 1 aromatic heterocycles. The van der Waals surface area contributed by atoms with E-state index in [0.29, 0.717) is 5.56 Å². The zero-order valence-corrected chi connectivity index (χ0v) is 16.7. The second-order valence-corrected chi connectivity index (χ2v) is 8.92. The van der Waals surface area contributed by atoms with Crippen molar-refractivity contribution in [1.29, 1.82) is 0 Å². The van der Waals surface area contributed by atoms with Crippen LogP contribution in [-0.2, 0) is 16.2 Å². The summed E-state index contributed by atoms with van der Waals surface area (Å²) >= 11 is 0. The van der Waals surface area contributed by atoms with Crippen molar-refractivity contribution >= 4 is 15.9 Å². The summed E-state index contributed by atoms with van der Waals surface area (Å²) in [6.07, 6.45) is -1.43. The SMILES string of the molecule is Cc1cncc(C(=O)N2CCN(S(=O)(=O)c3ccc(C(F)(F)F)cc3)C[C@@H]2C)c1. The van der Waals surface area contributed by atoms with Gasteiger partial charge in [-0.05, 0) is 49.7 Å². The largest absolute Gasteiger partial charge is 0.416 e. The van der Waals surface area contributed by atoms with Crippen molar-refractivity contribution in [3.05, 3.63) is 59.4 Å². The number of amides is 1. The summed E-state index contributed by atoms with van der Waals surface area (Å²) in [5.41, 5.74) is 0.356. The van der Waals surface area contributed by atoms with E-state index in [9.17, 15) is 26.4 Å². The molecule has 1 amide bonds. The molecule has 0 saturated carbocycles. The molecule has 1 atom stereocenters. The smallest absolute Gasteiger partial charge is 0.333 e. The third kappa shape index (κ3) is 4.43. The Balaban J connectivity index is 1.75. The first kappa shape index (κ1) is 21.3. The van der Waals surface area contributed by atoms with Crippen molar-refractivity contribution in [3.8, 4) is 0 Å². The maximum atomic E-state index is 12.8. The second-order valence-electron chi connectivity index (χ2n) is 6.98. The molecule has 0 N–H and O–H groups in total. The predicted octanol–water partition coefficient (Wildman–Crippen LogP) is 2.94. The monoisotopic (exact) mass is 427 g/mol. The van der Waals surface area contributed by atoms with Crippen LogP contribution in [0.2, 0.25) is 0 Å². The quantitative estimate of drug-likeness (QED) is 0.755. The Morgan fingerprint density at radius 2 is 1.79 bits per heavy atom. The van der Waals surface area contributed by atoms with Gasteiger partial charge in [-0.15, -0.1) is 0 Å². The molecule has 1 saturated heterocycles. The Labute approximate surface area is 167 Å². The molecule has 0 bridgehead atoms. The standard InChI is InChI=1S/C19H20F3N3O3S/c1-13-9-15(11-23-10-13)18(26)25-8-7-24(12-14(25)2)29(27,28)17-5-3-16(4-6-17)19(20,21)22/h3-6,9-11,14H,7-8,12H2,1-2H3/t14-/m0/s1. The van der Waals surface area contributed by atoms with Gasteiger partial charge in [0.2, 0.25) is 10.0 Å². The molecule has 1 fully saturated rings. The molecule has 2 heterocycles. The lowest BCUT2D eigenvalue weighted by Gasteiger charge is -2.39. The van der Waals surface area contributed by atoms with Crippen molar-refractivity contribution in [3.63, 3.8) is 0 Å². The van der Waals surface area contributed by atoms with Gasteiger partial charge in [0, 0.05) is 38.1 Å². The molecule has 156 valence electrons. The highest BCUT2D eigenvalue weighted by molar-refractivity contribution is 7.89. The molecule has 0 unspecified atom stereocenters. The fourth-order valence-electron chi connectivity index (χ4n) is 3.25. The minimum atomic E-state index is -4.53. The van der Waals surface area contributed by atoms with Gasteiger partial charge in [0.1, 0.15) is 0 Å². The van der Waals surface area contributed by atoms with Crippen LogP contribution in [0, 0.1) is 6.92 Å². The van der Waals surface area contributed by atoms with Gasteiger partial charge >= 0.3 is 6.18 Å². The highest BCUT2D eigenvalue weighted by atomic mass is 32.2. The highest BCUT2D eigenvalue weighted by Crippen LogP contribution is 2.30. The lowest BCUT2D eigenvalue weighted by molar-refractivity contribution is -0.137. The topological polar surface area (TPSA) is 70.6 Å². The molecule has 6 nitrogen and oxygen atoms in total. The maximum Gasteiger partial charge on any atom is 0.416 e. The van der Waals surface area contributed by atoms with E-state index in [1.54, 1.807) is 24.1 Å². The minimum absolute atomic E-state index is 0.0499. The van der Waals surface area contributed by atoms with Crippen LogP contribution in [0.4, 0.5) is 13.2 Å². The number of carbonyl (C=O) groups is 1. The van der Waals surface area contributed by atoms with Crippen LogP contribution in [-0.4, -0.2) is 54.2 Å². The molecule has 0 radical (unpaired) electrons. The number of hydrogen-bond acceptors (Lipinski definition) is 4. The molecule has 1 aromatic carbocycles. The van der Waals surface area contributed by atoms with Crippen molar-refractivity contribution < 1.29 is 26.4 Å². The number of aromatic nitrogens is 1. The number of piperazine rings is 1. The molecule has 10 heteroatoms. The van der Waals surface area contributed by atoms with Gasteiger partial charge in [-0.25, -0.2) is 8.42 Å². The Morgan fingerprint density at radius 1 is 1.14 bits per heavy atom. The van der Waals surface area contributed by atoms with Crippen LogP contribution >= 0.6 is 0 Å². The first-order valence-electron chi connectivity index (χ1n) is 8.90. The molecule has 2 aromatic rings. The number of nitrogens with zero attached hydrogens (tertiary/aromatic N) is 3. The van der Waals surface area contributed by atoms with E-state index >= 15 is 0 Å². The van der Waals surface area contributed by atoms with Gasteiger partial charge < -0.3 is 4.90 Å². The van der Waals surface area contributed by atoms with Crippen LogP contribution in [0.3, 0.4) is 0 Å². The molecule has 29 heavy (non-hydrogen) atoms. The molecule has 1 aliphatic heterocycles. The Kier molecular flexibility index (Phi) is 5.68. The highest BCUT2D eigenvalue weighted by Gasteiger charge is 2.35. The van der Waals surface area contributed by atoms with E-state index in [1.807, 2.05) is 6.92 Å². The van der Waals surface area contributed by atoms with Crippen molar-refractivity contribution in [1.82, 2.24) is 14.2 Å². The number of carbonyl (C=O) groups excluding carboxylic acids is 1. The molecular weight excluding hydrogens is 407 g/mol. The number of halogens is 3. The minimum Gasteiger partial charge on any atom is -0.333 e. The van der Waals surface area contributed by atoms with Crippen LogP contribution < -0.4 is 0 Å². The molecule has 0 spiro atoms. The van der Waals surface area contributed by atoms with Crippen LogP contribution in [0.15, 0.2) is 47.6 Å². The fourth-order valence-corrected chi connectivity index (χ4v) is 4.76. The summed E-state index contributed by atoms with van der Waals surface area (Å²) in [5, 5.41) is 0. The predicted molar refractivity (Wildman–Crippen MR) is 99.7 cm³/mol. The van der Waals surface area contributed by atoms with E-state index in [0.717, 1.165) is 29.8 Å². The molecule has 1 aliphatic rings.